The molecule has 0 spiro atoms. The number of hydrogen-bond acceptors (Lipinski definition) is 2. The fourth-order valence-corrected chi connectivity index (χ4v) is 3.51. The lowest BCUT2D eigenvalue weighted by Gasteiger charge is -2.19. The van der Waals surface area contributed by atoms with Gasteiger partial charge in [-0.1, -0.05) is 49.4 Å². The van der Waals surface area contributed by atoms with Crippen molar-refractivity contribution in [3.8, 4) is 0 Å². The Morgan fingerprint density at radius 2 is 1.81 bits per heavy atom. The molecule has 0 saturated carbocycles. The van der Waals surface area contributed by atoms with Crippen LogP contribution in [0.2, 0.25) is 0 Å². The maximum absolute atomic E-state index is 12.6. The van der Waals surface area contributed by atoms with Gasteiger partial charge in [0.2, 0.25) is 11.8 Å². The van der Waals surface area contributed by atoms with Crippen LogP contribution >= 0.6 is 0 Å². The second-order valence-corrected chi connectivity index (χ2v) is 7.36. The minimum Gasteiger partial charge on any atom is -0.353 e. The quantitative estimate of drug-likeness (QED) is 0.814. The van der Waals surface area contributed by atoms with E-state index < -0.39 is 0 Å². The van der Waals surface area contributed by atoms with Crippen LogP contribution in [0.5, 0.6) is 0 Å². The molecule has 2 aromatic rings. The third kappa shape index (κ3) is 4.97. The standard InChI is InChI=1S/C23H28N2O2/c1-3-18-11-13-21(14-12-18)25-16-20(15-22(25)26)23(27)24-17(2)9-10-19-7-5-4-6-8-19/h4-8,11-14,17,20H,3,9-10,15-16H2,1-2H3,(H,24,27)/t17-,20+/m0/s1. The molecule has 27 heavy (non-hydrogen) atoms. The van der Waals surface area contributed by atoms with Crippen LogP contribution in [-0.2, 0) is 22.4 Å². The van der Waals surface area contributed by atoms with Crippen molar-refractivity contribution < 1.29 is 9.59 Å². The Morgan fingerprint density at radius 3 is 2.48 bits per heavy atom. The normalized spacial score (nSPS) is 17.8. The molecular weight excluding hydrogens is 336 g/mol. The molecule has 1 aliphatic heterocycles. The van der Waals surface area contributed by atoms with Gasteiger partial charge in [-0.05, 0) is 49.4 Å². The second kappa shape index (κ2) is 8.85. The van der Waals surface area contributed by atoms with Crippen LogP contribution < -0.4 is 10.2 Å². The smallest absolute Gasteiger partial charge is 0.227 e. The average molecular weight is 364 g/mol. The summed E-state index contributed by atoms with van der Waals surface area (Å²) in [5, 5.41) is 3.09. The van der Waals surface area contributed by atoms with E-state index in [0.29, 0.717) is 6.54 Å². The molecule has 142 valence electrons. The fraction of sp³-hybridized carbons (Fsp3) is 0.391. The van der Waals surface area contributed by atoms with Crippen molar-refractivity contribution in [2.75, 3.05) is 11.4 Å². The van der Waals surface area contributed by atoms with Crippen LogP contribution in [0.15, 0.2) is 54.6 Å². The van der Waals surface area contributed by atoms with E-state index in [4.69, 9.17) is 0 Å². The summed E-state index contributed by atoms with van der Waals surface area (Å²) in [4.78, 5) is 26.7. The first kappa shape index (κ1) is 19.2. The van der Waals surface area contributed by atoms with Gasteiger partial charge in [0, 0.05) is 24.7 Å². The lowest BCUT2D eigenvalue weighted by molar-refractivity contribution is -0.126. The summed E-state index contributed by atoms with van der Waals surface area (Å²) < 4.78 is 0. The molecule has 1 saturated heterocycles. The van der Waals surface area contributed by atoms with E-state index in [1.54, 1.807) is 4.90 Å². The molecule has 1 N–H and O–H groups in total. The van der Waals surface area contributed by atoms with Crippen molar-refractivity contribution in [2.24, 2.45) is 5.92 Å². The van der Waals surface area contributed by atoms with Crippen molar-refractivity contribution in [1.82, 2.24) is 5.32 Å². The van der Waals surface area contributed by atoms with Crippen LogP contribution in [-0.4, -0.2) is 24.4 Å². The van der Waals surface area contributed by atoms with Crippen molar-refractivity contribution in [1.29, 1.82) is 0 Å². The van der Waals surface area contributed by atoms with Gasteiger partial charge in [0.05, 0.1) is 5.92 Å². The van der Waals surface area contributed by atoms with Crippen molar-refractivity contribution in [3.63, 3.8) is 0 Å². The summed E-state index contributed by atoms with van der Waals surface area (Å²) in [7, 11) is 0. The zero-order valence-electron chi connectivity index (χ0n) is 16.2. The van der Waals surface area contributed by atoms with Crippen molar-refractivity contribution >= 4 is 17.5 Å². The zero-order chi connectivity index (χ0) is 19.2. The molecule has 4 nitrogen and oxygen atoms in total. The van der Waals surface area contributed by atoms with E-state index in [1.165, 1.54) is 11.1 Å². The number of amides is 2. The molecule has 0 unspecified atom stereocenters. The summed E-state index contributed by atoms with van der Waals surface area (Å²) in [6, 6.07) is 18.4. The second-order valence-electron chi connectivity index (χ2n) is 7.36. The first-order chi connectivity index (χ1) is 13.1. The summed E-state index contributed by atoms with van der Waals surface area (Å²) in [6.07, 6.45) is 3.08. The van der Waals surface area contributed by atoms with E-state index in [0.717, 1.165) is 24.9 Å². The summed E-state index contributed by atoms with van der Waals surface area (Å²) in [5.41, 5.74) is 3.40. The molecule has 2 amide bonds. The van der Waals surface area contributed by atoms with Gasteiger partial charge in [-0.2, -0.15) is 0 Å². The molecule has 0 aromatic heterocycles. The third-order valence-electron chi connectivity index (χ3n) is 5.25. The highest BCUT2D eigenvalue weighted by Gasteiger charge is 2.35. The molecular formula is C23H28N2O2. The molecule has 2 aromatic carbocycles. The number of nitrogens with one attached hydrogen (secondary N) is 1. The molecule has 1 fully saturated rings. The van der Waals surface area contributed by atoms with Gasteiger partial charge in [0.15, 0.2) is 0 Å². The Balaban J connectivity index is 1.52. The van der Waals surface area contributed by atoms with Gasteiger partial charge < -0.3 is 10.2 Å². The Bertz CT molecular complexity index is 771. The van der Waals surface area contributed by atoms with E-state index in [1.807, 2.05) is 49.4 Å². The molecule has 3 rings (SSSR count). The first-order valence-corrected chi connectivity index (χ1v) is 9.80. The minimum atomic E-state index is -0.275. The number of carbonyl (C=O) groups excluding carboxylic acids is 2. The van der Waals surface area contributed by atoms with Crippen molar-refractivity contribution in [3.05, 3.63) is 65.7 Å². The minimum absolute atomic E-state index is 0.0170. The maximum atomic E-state index is 12.6. The Kier molecular flexibility index (Phi) is 6.28. The number of benzene rings is 2. The van der Waals surface area contributed by atoms with Crippen molar-refractivity contribution in [2.45, 2.75) is 45.6 Å². The predicted molar refractivity (Wildman–Crippen MR) is 109 cm³/mol. The lowest BCUT2D eigenvalue weighted by Crippen LogP contribution is -2.38. The highest BCUT2D eigenvalue weighted by molar-refractivity contribution is 6.00. The zero-order valence-corrected chi connectivity index (χ0v) is 16.2. The van der Waals surface area contributed by atoms with Gasteiger partial charge in [-0.15, -0.1) is 0 Å². The highest BCUT2D eigenvalue weighted by atomic mass is 16.2. The number of rotatable bonds is 7. The third-order valence-corrected chi connectivity index (χ3v) is 5.25. The molecule has 0 bridgehead atoms. The average Bonchev–Trinajstić information content (AvgIpc) is 3.09. The molecule has 1 heterocycles. The fourth-order valence-electron chi connectivity index (χ4n) is 3.51. The molecule has 0 aliphatic carbocycles. The Morgan fingerprint density at radius 1 is 1.11 bits per heavy atom. The van der Waals surface area contributed by atoms with Crippen LogP contribution in [0.1, 0.15) is 37.8 Å². The van der Waals surface area contributed by atoms with Gasteiger partial charge in [0.1, 0.15) is 0 Å². The Hall–Kier alpha value is -2.62. The number of carbonyl (C=O) groups is 2. The summed E-state index contributed by atoms with van der Waals surface area (Å²) >= 11 is 0. The summed E-state index contributed by atoms with van der Waals surface area (Å²) in [6.45, 7) is 4.59. The van der Waals surface area contributed by atoms with E-state index in [-0.39, 0.29) is 30.2 Å². The monoisotopic (exact) mass is 364 g/mol. The molecule has 1 aliphatic rings. The van der Waals surface area contributed by atoms with Gasteiger partial charge in [-0.25, -0.2) is 0 Å². The molecule has 0 radical (unpaired) electrons. The maximum Gasteiger partial charge on any atom is 0.227 e. The topological polar surface area (TPSA) is 49.4 Å². The van der Waals surface area contributed by atoms with Gasteiger partial charge >= 0.3 is 0 Å². The number of hydrogen-bond donors (Lipinski definition) is 1. The predicted octanol–water partition coefficient (Wildman–Crippen LogP) is 3.74. The lowest BCUT2D eigenvalue weighted by atomic mass is 10.0. The Labute approximate surface area is 161 Å². The largest absolute Gasteiger partial charge is 0.353 e. The van der Waals surface area contributed by atoms with Crippen LogP contribution in [0, 0.1) is 5.92 Å². The number of aryl methyl sites for hydroxylation is 2. The van der Waals surface area contributed by atoms with Gasteiger partial charge in [0.25, 0.3) is 0 Å². The number of nitrogens with zero attached hydrogens (tertiary/aromatic N) is 1. The highest BCUT2D eigenvalue weighted by Crippen LogP contribution is 2.25. The van der Waals surface area contributed by atoms with Crippen LogP contribution in [0.25, 0.3) is 0 Å². The number of anilines is 1. The van der Waals surface area contributed by atoms with Crippen LogP contribution in [0.4, 0.5) is 5.69 Å². The van der Waals surface area contributed by atoms with E-state index in [2.05, 4.69) is 24.4 Å². The molecule has 4 heteroatoms. The summed E-state index contributed by atoms with van der Waals surface area (Å²) in [5.74, 6) is -0.268. The van der Waals surface area contributed by atoms with E-state index in [9.17, 15) is 9.59 Å². The van der Waals surface area contributed by atoms with Crippen LogP contribution in [0.3, 0.4) is 0 Å². The van der Waals surface area contributed by atoms with Gasteiger partial charge in [-0.3, -0.25) is 9.59 Å². The molecule has 2 atom stereocenters. The van der Waals surface area contributed by atoms with E-state index >= 15 is 0 Å². The first-order valence-electron chi connectivity index (χ1n) is 9.80. The SMILES string of the molecule is CCc1ccc(N2C[C@H](C(=O)N[C@@H](C)CCc3ccccc3)CC2=O)cc1.